The van der Waals surface area contributed by atoms with Crippen molar-refractivity contribution in [1.29, 1.82) is 0 Å². The number of anilines is 2. The van der Waals surface area contributed by atoms with Gasteiger partial charge in [-0.25, -0.2) is 4.98 Å². The summed E-state index contributed by atoms with van der Waals surface area (Å²) < 4.78 is 0. The number of pyridine rings is 1. The summed E-state index contributed by atoms with van der Waals surface area (Å²) in [4.78, 5) is 4.47. The van der Waals surface area contributed by atoms with E-state index >= 15 is 0 Å². The van der Waals surface area contributed by atoms with Gasteiger partial charge in [-0.15, -0.1) is 0 Å². The van der Waals surface area contributed by atoms with Crippen molar-refractivity contribution in [3.8, 4) is 0 Å². The molecule has 0 unspecified atom stereocenters. The van der Waals surface area contributed by atoms with E-state index in [-0.39, 0.29) is 0 Å². The van der Waals surface area contributed by atoms with Gasteiger partial charge >= 0.3 is 0 Å². The van der Waals surface area contributed by atoms with E-state index in [0.29, 0.717) is 6.04 Å². The molecule has 1 aliphatic carbocycles. The highest BCUT2D eigenvalue weighted by Gasteiger charge is 2.11. The van der Waals surface area contributed by atoms with Crippen LogP contribution in [0.1, 0.15) is 51.9 Å². The molecule has 0 saturated heterocycles. The minimum Gasteiger partial charge on any atom is -0.384 e. The van der Waals surface area contributed by atoms with Gasteiger partial charge in [0.05, 0.1) is 11.9 Å². The molecule has 0 radical (unpaired) electrons. The maximum Gasteiger partial charge on any atom is 0.126 e. The predicted octanol–water partition coefficient (Wildman–Crippen LogP) is 4.04. The van der Waals surface area contributed by atoms with Crippen LogP contribution in [0.4, 0.5) is 11.5 Å². The van der Waals surface area contributed by atoms with Gasteiger partial charge in [-0.1, -0.05) is 32.1 Å². The number of hydrogen-bond acceptors (Lipinski definition) is 3. The van der Waals surface area contributed by atoms with E-state index in [2.05, 4.69) is 34.7 Å². The molecule has 0 aliphatic heterocycles. The van der Waals surface area contributed by atoms with Gasteiger partial charge in [0.25, 0.3) is 0 Å². The molecule has 3 heteroatoms. The van der Waals surface area contributed by atoms with Crippen LogP contribution in [0.2, 0.25) is 0 Å². The van der Waals surface area contributed by atoms with Crippen molar-refractivity contribution in [2.45, 2.75) is 57.9 Å². The lowest BCUT2D eigenvalue weighted by molar-refractivity contribution is 0.471. The van der Waals surface area contributed by atoms with E-state index in [4.69, 9.17) is 0 Å². The quantitative estimate of drug-likeness (QED) is 0.843. The van der Waals surface area contributed by atoms with Crippen molar-refractivity contribution in [2.75, 3.05) is 17.2 Å². The van der Waals surface area contributed by atoms with Gasteiger partial charge in [-0.05, 0) is 31.9 Å². The lowest BCUT2D eigenvalue weighted by Crippen LogP contribution is -2.21. The molecule has 1 aromatic heterocycles. The van der Waals surface area contributed by atoms with Gasteiger partial charge in [0.15, 0.2) is 0 Å². The van der Waals surface area contributed by atoms with Crippen LogP contribution in [0.3, 0.4) is 0 Å². The van der Waals surface area contributed by atoms with Gasteiger partial charge in [0, 0.05) is 12.6 Å². The predicted molar refractivity (Wildman–Crippen MR) is 78.1 cm³/mol. The van der Waals surface area contributed by atoms with Crippen LogP contribution in [-0.2, 0) is 0 Å². The van der Waals surface area contributed by atoms with Gasteiger partial charge in [-0.2, -0.15) is 0 Å². The van der Waals surface area contributed by atoms with Crippen molar-refractivity contribution in [3.63, 3.8) is 0 Å². The molecule has 1 aliphatic rings. The lowest BCUT2D eigenvalue weighted by atomic mass is 9.97. The van der Waals surface area contributed by atoms with Crippen LogP contribution in [0.15, 0.2) is 18.3 Å². The summed E-state index contributed by atoms with van der Waals surface area (Å²) in [5.74, 6) is 1.02. The first-order chi connectivity index (χ1) is 8.88. The lowest BCUT2D eigenvalue weighted by Gasteiger charge is -2.21. The molecule has 2 N–H and O–H groups in total. The average Bonchev–Trinajstić information content (AvgIpc) is 2.35. The Morgan fingerprint density at radius 1 is 1.11 bits per heavy atom. The average molecular weight is 247 g/mol. The van der Waals surface area contributed by atoms with Gasteiger partial charge < -0.3 is 10.6 Å². The maximum atomic E-state index is 4.47. The Bertz CT molecular complexity index is 326. The van der Waals surface area contributed by atoms with E-state index in [1.165, 1.54) is 44.9 Å². The molecule has 100 valence electrons. The topological polar surface area (TPSA) is 37.0 Å². The Morgan fingerprint density at radius 2 is 1.83 bits per heavy atom. The van der Waals surface area contributed by atoms with Crippen LogP contribution < -0.4 is 10.6 Å². The molecule has 0 amide bonds. The highest BCUT2D eigenvalue weighted by Crippen LogP contribution is 2.20. The van der Waals surface area contributed by atoms with Crippen LogP contribution in [0, 0.1) is 0 Å². The fourth-order valence-electron chi connectivity index (χ4n) is 2.60. The zero-order valence-corrected chi connectivity index (χ0v) is 11.4. The molecule has 18 heavy (non-hydrogen) atoms. The molecular weight excluding hydrogens is 222 g/mol. The first kappa shape index (κ1) is 13.2. The monoisotopic (exact) mass is 247 g/mol. The minimum absolute atomic E-state index is 0.614. The summed E-state index contributed by atoms with van der Waals surface area (Å²) in [5, 5.41) is 6.85. The smallest absolute Gasteiger partial charge is 0.126 e. The fourth-order valence-corrected chi connectivity index (χ4v) is 2.60. The van der Waals surface area contributed by atoms with E-state index in [1.807, 2.05) is 6.20 Å². The Hall–Kier alpha value is -1.25. The molecule has 1 heterocycles. The van der Waals surface area contributed by atoms with Crippen molar-refractivity contribution >= 4 is 11.5 Å². The summed E-state index contributed by atoms with van der Waals surface area (Å²) in [6.45, 7) is 3.04. The molecule has 0 bridgehead atoms. The molecule has 0 aromatic carbocycles. The van der Waals surface area contributed by atoms with Gasteiger partial charge in [0.1, 0.15) is 5.82 Å². The van der Waals surface area contributed by atoms with Crippen molar-refractivity contribution < 1.29 is 0 Å². The second-order valence-electron chi connectivity index (χ2n) is 5.15. The third-order valence-electron chi connectivity index (χ3n) is 3.60. The van der Waals surface area contributed by atoms with E-state index in [1.54, 1.807) is 0 Å². The third-order valence-corrected chi connectivity index (χ3v) is 3.60. The Labute approximate surface area is 110 Å². The highest BCUT2D eigenvalue weighted by molar-refractivity contribution is 5.47. The number of hydrogen-bond donors (Lipinski definition) is 2. The van der Waals surface area contributed by atoms with E-state index in [0.717, 1.165) is 18.1 Å². The number of nitrogens with zero attached hydrogens (tertiary/aromatic N) is 1. The number of aromatic nitrogens is 1. The molecule has 1 saturated carbocycles. The number of nitrogens with one attached hydrogen (secondary N) is 2. The summed E-state index contributed by atoms with van der Waals surface area (Å²) in [6, 6.07) is 4.79. The van der Waals surface area contributed by atoms with Crippen LogP contribution in [0.5, 0.6) is 0 Å². The Morgan fingerprint density at radius 3 is 2.44 bits per heavy atom. The largest absolute Gasteiger partial charge is 0.384 e. The normalized spacial score (nSPS) is 17.8. The zero-order chi connectivity index (χ0) is 12.6. The summed E-state index contributed by atoms with van der Waals surface area (Å²) >= 11 is 0. The SMILES string of the molecule is CCNc1ccc(NC2CCCCCCC2)nc1. The Balaban J connectivity index is 1.86. The minimum atomic E-state index is 0.614. The molecule has 3 nitrogen and oxygen atoms in total. The number of rotatable bonds is 4. The molecule has 1 aromatic rings. The first-order valence-electron chi connectivity index (χ1n) is 7.35. The summed E-state index contributed by atoms with van der Waals surface area (Å²) in [6.07, 6.45) is 11.4. The summed E-state index contributed by atoms with van der Waals surface area (Å²) in [5.41, 5.74) is 1.10. The second-order valence-corrected chi connectivity index (χ2v) is 5.15. The molecule has 0 atom stereocenters. The zero-order valence-electron chi connectivity index (χ0n) is 11.4. The van der Waals surface area contributed by atoms with Crippen LogP contribution in [-0.4, -0.2) is 17.6 Å². The van der Waals surface area contributed by atoms with Crippen molar-refractivity contribution in [2.24, 2.45) is 0 Å². The van der Waals surface area contributed by atoms with Crippen LogP contribution in [0.25, 0.3) is 0 Å². The van der Waals surface area contributed by atoms with E-state index < -0.39 is 0 Å². The maximum absolute atomic E-state index is 4.47. The highest BCUT2D eigenvalue weighted by atomic mass is 15.0. The van der Waals surface area contributed by atoms with Crippen molar-refractivity contribution in [3.05, 3.63) is 18.3 Å². The Kier molecular flexibility index (Phi) is 5.31. The van der Waals surface area contributed by atoms with Crippen molar-refractivity contribution in [1.82, 2.24) is 4.98 Å². The first-order valence-corrected chi connectivity index (χ1v) is 7.35. The van der Waals surface area contributed by atoms with E-state index in [9.17, 15) is 0 Å². The molecular formula is C15H25N3. The fraction of sp³-hybridized carbons (Fsp3) is 0.667. The standard InChI is InChI=1S/C15H25N3/c1-2-16-14-10-11-15(17-12-14)18-13-8-6-4-3-5-7-9-13/h10-13,16H,2-9H2,1H3,(H,17,18). The second kappa shape index (κ2) is 7.24. The third kappa shape index (κ3) is 4.21. The molecule has 1 fully saturated rings. The van der Waals surface area contributed by atoms with Crippen LogP contribution >= 0.6 is 0 Å². The molecule has 0 spiro atoms. The van der Waals surface area contributed by atoms with Gasteiger partial charge in [0.2, 0.25) is 0 Å². The van der Waals surface area contributed by atoms with Gasteiger partial charge in [-0.3, -0.25) is 0 Å². The molecule has 2 rings (SSSR count). The summed E-state index contributed by atoms with van der Waals surface area (Å²) in [7, 11) is 0.